The summed E-state index contributed by atoms with van der Waals surface area (Å²) < 4.78 is 4.73. The largest absolute Gasteiger partial charge is 0.465 e. The van der Waals surface area contributed by atoms with Gasteiger partial charge in [-0.05, 0) is 65.8 Å². The number of aromatic nitrogens is 3. The Morgan fingerprint density at radius 2 is 1.64 bits per heavy atom. The number of carbonyl (C=O) groups is 1. The Balaban J connectivity index is 1.43. The summed E-state index contributed by atoms with van der Waals surface area (Å²) in [5.41, 5.74) is 11.1. The Bertz CT molecular complexity index is 1300. The Morgan fingerprint density at radius 3 is 2.33 bits per heavy atom. The Kier molecular flexibility index (Phi) is 6.35. The van der Waals surface area contributed by atoms with Crippen LogP contribution in [-0.4, -0.2) is 28.0 Å². The van der Waals surface area contributed by atoms with E-state index in [9.17, 15) is 4.79 Å². The fourth-order valence-corrected chi connectivity index (χ4v) is 3.80. The van der Waals surface area contributed by atoms with Crippen molar-refractivity contribution in [3.63, 3.8) is 0 Å². The lowest BCUT2D eigenvalue weighted by molar-refractivity contribution is 0.0600. The van der Waals surface area contributed by atoms with Crippen molar-refractivity contribution in [1.29, 1.82) is 0 Å². The summed E-state index contributed by atoms with van der Waals surface area (Å²) in [4.78, 5) is 24.4. The number of fused-ring (bicyclic) bond motifs is 1. The molecule has 4 aromatic rings. The number of ether oxygens (including phenoxy) is 1. The van der Waals surface area contributed by atoms with Crippen LogP contribution in [0.3, 0.4) is 0 Å². The lowest BCUT2D eigenvalue weighted by Gasteiger charge is -2.15. The molecule has 8 heteroatoms. The first kappa shape index (κ1) is 22.0. The van der Waals surface area contributed by atoms with Gasteiger partial charge in [0.25, 0.3) is 0 Å². The molecule has 0 aliphatic carbocycles. The number of methoxy groups -OCH3 is 1. The van der Waals surface area contributed by atoms with E-state index in [1.54, 1.807) is 18.3 Å². The predicted molar refractivity (Wildman–Crippen MR) is 130 cm³/mol. The number of nitrogens with zero attached hydrogens (tertiary/aromatic N) is 3. The molecule has 0 fully saturated rings. The molecular formula is C25H26N6O2. The average molecular weight is 443 g/mol. The highest BCUT2D eigenvalue weighted by Gasteiger charge is 2.11. The normalized spacial score (nSPS) is 10.8. The molecule has 2 heterocycles. The van der Waals surface area contributed by atoms with E-state index in [1.165, 1.54) is 24.6 Å². The van der Waals surface area contributed by atoms with Crippen LogP contribution < -0.4 is 16.4 Å². The minimum absolute atomic E-state index is 0.349. The smallest absolute Gasteiger partial charge is 0.337 e. The number of rotatable bonds is 7. The SMILES string of the molecule is COC(=O)c1ccc(CNc2cc(NCc3c(C)cc4c(N)nccc4c3C)ncn2)cc1. The highest BCUT2D eigenvalue weighted by atomic mass is 16.5. The standard InChI is InChI=1S/C25H26N6O2/c1-15-10-20-19(8-9-27-24(20)26)16(2)21(15)13-29-23-11-22(30-14-31-23)28-12-17-4-6-18(7-5-17)25(32)33-3/h4-11,14H,12-13H2,1-3H3,(H2,26,27)(H2,28,29,30,31). The number of benzene rings is 2. The van der Waals surface area contributed by atoms with Gasteiger partial charge >= 0.3 is 5.97 Å². The summed E-state index contributed by atoms with van der Waals surface area (Å²) in [5.74, 6) is 1.62. The molecule has 0 amide bonds. The number of aryl methyl sites for hydroxylation is 2. The van der Waals surface area contributed by atoms with Crippen LogP contribution in [-0.2, 0) is 17.8 Å². The van der Waals surface area contributed by atoms with Crippen molar-refractivity contribution in [3.8, 4) is 0 Å². The van der Waals surface area contributed by atoms with Gasteiger partial charge in [0, 0.05) is 30.7 Å². The first-order chi connectivity index (χ1) is 16.0. The summed E-state index contributed by atoms with van der Waals surface area (Å²) >= 11 is 0. The topological polar surface area (TPSA) is 115 Å². The van der Waals surface area contributed by atoms with E-state index in [1.807, 2.05) is 24.3 Å². The van der Waals surface area contributed by atoms with Gasteiger partial charge in [0.2, 0.25) is 0 Å². The third-order valence-corrected chi connectivity index (χ3v) is 5.68. The lowest BCUT2D eigenvalue weighted by atomic mass is 9.96. The van der Waals surface area contributed by atoms with Crippen LogP contribution in [0.25, 0.3) is 10.8 Å². The Morgan fingerprint density at radius 1 is 0.939 bits per heavy atom. The molecule has 168 valence electrons. The number of anilines is 3. The van der Waals surface area contributed by atoms with Gasteiger partial charge in [0.15, 0.2) is 0 Å². The van der Waals surface area contributed by atoms with E-state index in [4.69, 9.17) is 10.5 Å². The van der Waals surface area contributed by atoms with Crippen LogP contribution in [0.2, 0.25) is 0 Å². The summed E-state index contributed by atoms with van der Waals surface area (Å²) in [7, 11) is 1.37. The molecule has 0 radical (unpaired) electrons. The van der Waals surface area contributed by atoms with Crippen LogP contribution >= 0.6 is 0 Å². The molecule has 2 aromatic heterocycles. The number of nitrogens with two attached hydrogens (primary N) is 1. The summed E-state index contributed by atoms with van der Waals surface area (Å²) in [5, 5.41) is 8.77. The highest BCUT2D eigenvalue weighted by molar-refractivity contribution is 5.94. The van der Waals surface area contributed by atoms with Crippen LogP contribution in [0.15, 0.2) is 55.0 Å². The Labute approximate surface area is 192 Å². The second-order valence-corrected chi connectivity index (χ2v) is 7.77. The first-order valence-corrected chi connectivity index (χ1v) is 10.6. The van der Waals surface area contributed by atoms with Gasteiger partial charge in [-0.3, -0.25) is 0 Å². The molecule has 0 aliphatic rings. The van der Waals surface area contributed by atoms with Crippen molar-refractivity contribution in [3.05, 3.63) is 82.8 Å². The van der Waals surface area contributed by atoms with Crippen molar-refractivity contribution in [2.75, 3.05) is 23.5 Å². The maximum atomic E-state index is 11.6. The van der Waals surface area contributed by atoms with Crippen LogP contribution in [0.4, 0.5) is 17.5 Å². The van der Waals surface area contributed by atoms with Crippen LogP contribution in [0.1, 0.15) is 32.6 Å². The molecule has 0 unspecified atom stereocenters. The lowest BCUT2D eigenvalue weighted by Crippen LogP contribution is -2.08. The van der Waals surface area contributed by atoms with E-state index in [0.717, 1.165) is 27.7 Å². The molecule has 2 aromatic carbocycles. The zero-order valence-electron chi connectivity index (χ0n) is 18.8. The van der Waals surface area contributed by atoms with Crippen molar-refractivity contribution < 1.29 is 9.53 Å². The number of esters is 1. The van der Waals surface area contributed by atoms with Gasteiger partial charge < -0.3 is 21.1 Å². The highest BCUT2D eigenvalue weighted by Crippen LogP contribution is 2.28. The number of hydrogen-bond donors (Lipinski definition) is 3. The fraction of sp³-hybridized carbons (Fsp3) is 0.200. The monoisotopic (exact) mass is 442 g/mol. The number of pyridine rings is 1. The van der Waals surface area contributed by atoms with Crippen LogP contribution in [0.5, 0.6) is 0 Å². The van der Waals surface area contributed by atoms with E-state index in [0.29, 0.717) is 30.3 Å². The molecule has 33 heavy (non-hydrogen) atoms. The summed E-state index contributed by atoms with van der Waals surface area (Å²) in [6.45, 7) is 5.37. The molecule has 4 rings (SSSR count). The molecule has 0 aliphatic heterocycles. The second-order valence-electron chi connectivity index (χ2n) is 7.77. The first-order valence-electron chi connectivity index (χ1n) is 10.6. The Hall–Kier alpha value is -4.20. The van der Waals surface area contributed by atoms with E-state index >= 15 is 0 Å². The van der Waals surface area contributed by atoms with Gasteiger partial charge in [-0.1, -0.05) is 12.1 Å². The van der Waals surface area contributed by atoms with Crippen LogP contribution in [0, 0.1) is 13.8 Å². The quantitative estimate of drug-likeness (QED) is 0.364. The van der Waals surface area contributed by atoms with Gasteiger partial charge in [-0.25, -0.2) is 19.7 Å². The molecule has 4 N–H and O–H groups in total. The van der Waals surface area contributed by atoms with Crippen molar-refractivity contribution in [1.82, 2.24) is 15.0 Å². The summed E-state index contributed by atoms with van der Waals surface area (Å²) in [6, 6.07) is 13.2. The maximum Gasteiger partial charge on any atom is 0.337 e. The zero-order chi connectivity index (χ0) is 23.4. The fourth-order valence-electron chi connectivity index (χ4n) is 3.80. The number of nitrogens with one attached hydrogen (secondary N) is 2. The number of nitrogen functional groups attached to an aromatic ring is 1. The van der Waals surface area contributed by atoms with Crippen molar-refractivity contribution in [2.24, 2.45) is 0 Å². The second kappa shape index (κ2) is 9.52. The van der Waals surface area contributed by atoms with Gasteiger partial charge in [0.05, 0.1) is 12.7 Å². The predicted octanol–water partition coefficient (Wildman–Crippen LogP) is 4.23. The van der Waals surface area contributed by atoms with E-state index < -0.39 is 0 Å². The molecule has 0 saturated heterocycles. The van der Waals surface area contributed by atoms with E-state index in [2.05, 4.69) is 45.5 Å². The minimum Gasteiger partial charge on any atom is -0.465 e. The van der Waals surface area contributed by atoms with Gasteiger partial charge in [0.1, 0.15) is 23.8 Å². The third-order valence-electron chi connectivity index (χ3n) is 5.68. The number of hydrogen-bond acceptors (Lipinski definition) is 8. The molecule has 8 nitrogen and oxygen atoms in total. The third kappa shape index (κ3) is 4.85. The maximum absolute atomic E-state index is 11.6. The molecule has 0 saturated carbocycles. The molecule has 0 bridgehead atoms. The van der Waals surface area contributed by atoms with Gasteiger partial charge in [-0.2, -0.15) is 0 Å². The van der Waals surface area contributed by atoms with E-state index in [-0.39, 0.29) is 5.97 Å². The molecule has 0 atom stereocenters. The number of carbonyl (C=O) groups excluding carboxylic acids is 1. The molecule has 0 spiro atoms. The molecular weight excluding hydrogens is 416 g/mol. The average Bonchev–Trinajstić information content (AvgIpc) is 2.83. The van der Waals surface area contributed by atoms with Crippen molar-refractivity contribution in [2.45, 2.75) is 26.9 Å². The zero-order valence-corrected chi connectivity index (χ0v) is 18.8. The summed E-state index contributed by atoms with van der Waals surface area (Å²) in [6.07, 6.45) is 3.26. The van der Waals surface area contributed by atoms with Gasteiger partial charge in [-0.15, -0.1) is 0 Å². The minimum atomic E-state index is -0.349. The van der Waals surface area contributed by atoms with Crippen molar-refractivity contribution >= 4 is 34.2 Å².